The number of benzene rings is 3. The Balaban J connectivity index is 0.000000358. The average Bonchev–Trinajstić information content (AvgIpc) is 2.80. The SMILES string of the molecule is CS(=O)(=O)[N-]C(c1ccccc1)C(N)c1ccccc1.Cc1ccc(C(C)C)cc1.[Cl][Ru+]. The van der Waals surface area contributed by atoms with Gasteiger partial charge in [0.2, 0.25) is 0 Å². The quantitative estimate of drug-likeness (QED) is 0.347. The second-order valence-corrected chi connectivity index (χ2v) is 9.37. The van der Waals surface area contributed by atoms with Crippen LogP contribution in [0.25, 0.3) is 4.72 Å². The van der Waals surface area contributed by atoms with Gasteiger partial charge < -0.3 is 10.5 Å². The fraction of sp³-hybridized carbons (Fsp3) is 0.280. The van der Waals surface area contributed by atoms with Crippen LogP contribution in [0.15, 0.2) is 84.9 Å². The first-order chi connectivity index (χ1) is 15.2. The van der Waals surface area contributed by atoms with Crippen molar-refractivity contribution < 1.29 is 25.7 Å². The van der Waals surface area contributed by atoms with Crippen LogP contribution in [0.3, 0.4) is 0 Å². The van der Waals surface area contributed by atoms with E-state index >= 15 is 0 Å². The van der Waals surface area contributed by atoms with E-state index in [2.05, 4.69) is 59.4 Å². The van der Waals surface area contributed by atoms with Crippen molar-refractivity contribution in [3.8, 4) is 0 Å². The van der Waals surface area contributed by atoms with E-state index in [1.54, 1.807) is 0 Å². The van der Waals surface area contributed by atoms with E-state index in [1.807, 2.05) is 78.0 Å². The molecule has 32 heavy (non-hydrogen) atoms. The van der Waals surface area contributed by atoms with Crippen molar-refractivity contribution in [3.63, 3.8) is 0 Å². The number of nitrogens with two attached hydrogens (primary N) is 1. The van der Waals surface area contributed by atoms with Crippen molar-refractivity contribution in [1.29, 1.82) is 0 Å². The molecular weight excluding hydrogens is 529 g/mol. The summed E-state index contributed by atoms with van der Waals surface area (Å²) in [5.41, 5.74) is 10.6. The van der Waals surface area contributed by atoms with E-state index in [0.717, 1.165) is 17.4 Å². The van der Waals surface area contributed by atoms with E-state index in [9.17, 15) is 8.42 Å². The van der Waals surface area contributed by atoms with Crippen LogP contribution in [0.4, 0.5) is 0 Å². The van der Waals surface area contributed by atoms with Crippen molar-refractivity contribution in [2.24, 2.45) is 5.73 Å². The summed E-state index contributed by atoms with van der Waals surface area (Å²) >= 11 is 1.82. The first-order valence-electron chi connectivity index (χ1n) is 10.1. The Bertz CT molecular complexity index is 999. The second-order valence-electron chi connectivity index (χ2n) is 7.70. The van der Waals surface area contributed by atoms with Crippen LogP contribution in [-0.2, 0) is 27.3 Å². The molecule has 0 fully saturated rings. The molecule has 0 bridgehead atoms. The molecule has 0 aliphatic heterocycles. The van der Waals surface area contributed by atoms with Gasteiger partial charge in [0.05, 0.1) is 10.0 Å². The molecule has 0 saturated heterocycles. The van der Waals surface area contributed by atoms with Crippen LogP contribution < -0.4 is 5.73 Å². The molecule has 7 heteroatoms. The summed E-state index contributed by atoms with van der Waals surface area (Å²) in [4.78, 5) is 0. The van der Waals surface area contributed by atoms with Crippen LogP contribution in [0, 0.1) is 6.92 Å². The van der Waals surface area contributed by atoms with E-state index in [0.29, 0.717) is 5.92 Å². The number of hydrogen-bond acceptors (Lipinski definition) is 3. The molecule has 4 nitrogen and oxygen atoms in total. The first kappa shape index (κ1) is 28.5. The molecule has 0 amide bonds. The zero-order valence-corrected chi connectivity index (χ0v) is 22.1. The van der Waals surface area contributed by atoms with Gasteiger partial charge in [-0.05, 0) is 24.0 Å². The molecule has 0 radical (unpaired) electrons. The van der Waals surface area contributed by atoms with Gasteiger partial charge in [-0.3, -0.25) is 0 Å². The molecular formula is C25H31ClN2O2RuS. The van der Waals surface area contributed by atoms with E-state index in [1.165, 1.54) is 11.1 Å². The average molecular weight is 560 g/mol. The first-order valence-corrected chi connectivity index (χ1v) is 14.2. The maximum absolute atomic E-state index is 11.5. The normalized spacial score (nSPS) is 12.6. The molecule has 3 aromatic rings. The number of aryl methyl sites for hydroxylation is 1. The zero-order chi connectivity index (χ0) is 24.1. The monoisotopic (exact) mass is 560 g/mol. The number of nitrogens with zero attached hydrogens (tertiary/aromatic N) is 1. The van der Waals surface area contributed by atoms with Gasteiger partial charge in [-0.1, -0.05) is 116 Å². The number of hydrogen-bond donors (Lipinski definition) is 1. The van der Waals surface area contributed by atoms with Gasteiger partial charge in [0, 0.05) is 12.3 Å². The molecule has 2 atom stereocenters. The molecule has 2 unspecified atom stereocenters. The summed E-state index contributed by atoms with van der Waals surface area (Å²) in [5, 5.41) is 0. The fourth-order valence-electron chi connectivity index (χ4n) is 3.00. The Morgan fingerprint density at radius 2 is 1.22 bits per heavy atom. The maximum atomic E-state index is 11.5. The Morgan fingerprint density at radius 1 is 0.781 bits per heavy atom. The Kier molecular flexibility index (Phi) is 13.0. The number of sulfonamides is 1. The zero-order valence-electron chi connectivity index (χ0n) is 18.8. The summed E-state index contributed by atoms with van der Waals surface area (Å²) in [6.45, 7) is 6.54. The molecule has 0 saturated carbocycles. The van der Waals surface area contributed by atoms with Gasteiger partial charge in [-0.25, -0.2) is 8.42 Å². The summed E-state index contributed by atoms with van der Waals surface area (Å²) in [6, 6.07) is 26.2. The minimum atomic E-state index is -3.48. The third-order valence-electron chi connectivity index (χ3n) is 4.71. The summed E-state index contributed by atoms with van der Waals surface area (Å²) in [5.74, 6) is 0.653. The Hall–Kier alpha value is -1.56. The van der Waals surface area contributed by atoms with Crippen LogP contribution in [0.1, 0.15) is 54.1 Å². The fourth-order valence-corrected chi connectivity index (χ4v) is 3.66. The van der Waals surface area contributed by atoms with E-state index in [4.69, 9.17) is 5.73 Å². The van der Waals surface area contributed by atoms with Crippen LogP contribution in [0.5, 0.6) is 0 Å². The molecule has 0 heterocycles. The standard InChI is InChI=1S/C15H17N2O2S.C10H14.ClH.Ru/c1-20(18,19)17-15(13-10-6-3-7-11-13)14(16)12-8-4-2-5-9-12;1-8(2)10-6-4-9(3)5-7-10;;/h2-11,14-15H,16H2,1H3;4-8H,1-3H3;1H;/q-1;;;+2/p-1. The van der Waals surface area contributed by atoms with Gasteiger partial charge in [0.25, 0.3) is 0 Å². The molecule has 174 valence electrons. The van der Waals surface area contributed by atoms with Gasteiger partial charge in [0.1, 0.15) is 0 Å². The topological polar surface area (TPSA) is 74.3 Å². The van der Waals surface area contributed by atoms with Gasteiger partial charge in [0.15, 0.2) is 0 Å². The third-order valence-corrected chi connectivity index (χ3v) is 5.32. The summed E-state index contributed by atoms with van der Waals surface area (Å²) in [7, 11) is 1.09. The van der Waals surface area contributed by atoms with Crippen molar-refractivity contribution in [2.75, 3.05) is 6.26 Å². The predicted molar refractivity (Wildman–Crippen MR) is 132 cm³/mol. The van der Waals surface area contributed by atoms with Crippen LogP contribution >= 0.6 is 9.69 Å². The Morgan fingerprint density at radius 3 is 1.62 bits per heavy atom. The van der Waals surface area contributed by atoms with Crippen molar-refractivity contribution in [1.82, 2.24) is 0 Å². The molecule has 0 aromatic heterocycles. The van der Waals surface area contributed by atoms with Gasteiger partial charge in [-0.2, -0.15) is 0 Å². The molecule has 3 aromatic carbocycles. The molecule has 3 rings (SSSR count). The molecule has 0 aliphatic carbocycles. The van der Waals surface area contributed by atoms with Crippen LogP contribution in [0.2, 0.25) is 0 Å². The molecule has 0 aliphatic rings. The summed E-state index contributed by atoms with van der Waals surface area (Å²) in [6.07, 6.45) is 1.08. The molecule has 0 spiro atoms. The van der Waals surface area contributed by atoms with Crippen molar-refractivity contribution in [3.05, 3.63) is 112 Å². The van der Waals surface area contributed by atoms with Crippen molar-refractivity contribution in [2.45, 2.75) is 38.8 Å². The number of halogens is 1. The Labute approximate surface area is 207 Å². The van der Waals surface area contributed by atoms with Gasteiger partial charge >= 0.3 is 27.0 Å². The minimum absolute atomic E-state index is 0.506. The number of rotatable bonds is 6. The van der Waals surface area contributed by atoms with Gasteiger partial charge in [-0.15, -0.1) is 0 Å². The van der Waals surface area contributed by atoms with Crippen LogP contribution in [-0.4, -0.2) is 14.7 Å². The predicted octanol–water partition coefficient (Wildman–Crippen LogP) is 6.57. The second kappa shape index (κ2) is 14.6. The van der Waals surface area contributed by atoms with Crippen molar-refractivity contribution >= 4 is 19.7 Å². The van der Waals surface area contributed by atoms with E-state index in [-0.39, 0.29) is 0 Å². The molecule has 2 N–H and O–H groups in total. The van der Waals surface area contributed by atoms with E-state index < -0.39 is 22.1 Å². The summed E-state index contributed by atoms with van der Waals surface area (Å²) < 4.78 is 27.0. The third kappa shape index (κ3) is 10.4.